The third-order valence-electron chi connectivity index (χ3n) is 5.94. The van der Waals surface area contributed by atoms with E-state index in [2.05, 4.69) is 27.4 Å². The maximum absolute atomic E-state index is 12.5. The number of benzene rings is 2. The lowest BCUT2D eigenvalue weighted by molar-refractivity contribution is 0.241. The lowest BCUT2D eigenvalue weighted by Crippen LogP contribution is -2.46. The average molecular weight is 476 g/mol. The quantitative estimate of drug-likeness (QED) is 0.521. The molecule has 7 nitrogen and oxygen atoms in total. The van der Waals surface area contributed by atoms with Gasteiger partial charge in [0.1, 0.15) is 5.82 Å². The SMILES string of the molecule is CCCn1c(CN2CCN(c3cccc(Cl)c3)CC2)nc2cc(S(=O)(=O)N(C)C)ccc21. The zero-order valence-corrected chi connectivity index (χ0v) is 20.4. The summed E-state index contributed by atoms with van der Waals surface area (Å²) in [6.07, 6.45) is 0.985. The monoisotopic (exact) mass is 475 g/mol. The number of hydrogen-bond donors (Lipinski definition) is 0. The topological polar surface area (TPSA) is 61.7 Å². The molecule has 1 aliphatic rings. The van der Waals surface area contributed by atoms with Crippen molar-refractivity contribution in [3.05, 3.63) is 53.3 Å². The van der Waals surface area contributed by atoms with E-state index in [1.807, 2.05) is 24.3 Å². The summed E-state index contributed by atoms with van der Waals surface area (Å²) >= 11 is 6.15. The first-order valence-electron chi connectivity index (χ1n) is 10.9. The summed E-state index contributed by atoms with van der Waals surface area (Å²) in [4.78, 5) is 9.90. The standard InChI is InChI=1S/C23H30ClN5O2S/c1-4-10-29-22-9-8-20(32(30,31)26(2)3)16-21(22)25-23(29)17-27-11-13-28(14-12-27)19-7-5-6-18(24)15-19/h5-9,15-16H,4,10-14,17H2,1-3H3. The van der Waals surface area contributed by atoms with Crippen LogP contribution in [0.3, 0.4) is 0 Å². The summed E-state index contributed by atoms with van der Waals surface area (Å²) in [7, 11) is -0.398. The molecule has 1 saturated heterocycles. The third-order valence-corrected chi connectivity index (χ3v) is 7.98. The van der Waals surface area contributed by atoms with Gasteiger partial charge in [0.15, 0.2) is 0 Å². The van der Waals surface area contributed by atoms with E-state index in [0.717, 1.165) is 73.3 Å². The van der Waals surface area contributed by atoms with Gasteiger partial charge in [-0.1, -0.05) is 24.6 Å². The number of hydrogen-bond acceptors (Lipinski definition) is 5. The summed E-state index contributed by atoms with van der Waals surface area (Å²) in [5, 5.41) is 0.758. The Balaban J connectivity index is 1.54. The highest BCUT2D eigenvalue weighted by atomic mass is 35.5. The van der Waals surface area contributed by atoms with Gasteiger partial charge in [0.25, 0.3) is 0 Å². The van der Waals surface area contributed by atoms with Gasteiger partial charge in [0.2, 0.25) is 10.0 Å². The Morgan fingerprint density at radius 3 is 2.47 bits per heavy atom. The second-order valence-electron chi connectivity index (χ2n) is 8.36. The van der Waals surface area contributed by atoms with Crippen molar-refractivity contribution in [1.29, 1.82) is 0 Å². The number of piperazine rings is 1. The first-order chi connectivity index (χ1) is 15.3. The molecule has 1 fully saturated rings. The molecule has 172 valence electrons. The van der Waals surface area contributed by atoms with Gasteiger partial charge in [0.05, 0.1) is 22.5 Å². The fourth-order valence-electron chi connectivity index (χ4n) is 4.16. The van der Waals surface area contributed by atoms with E-state index < -0.39 is 10.0 Å². The summed E-state index contributed by atoms with van der Waals surface area (Å²) < 4.78 is 28.6. The highest BCUT2D eigenvalue weighted by molar-refractivity contribution is 7.89. The number of nitrogens with zero attached hydrogens (tertiary/aromatic N) is 5. The Morgan fingerprint density at radius 2 is 1.81 bits per heavy atom. The molecule has 0 spiro atoms. The Hall–Kier alpha value is -2.13. The van der Waals surface area contributed by atoms with E-state index >= 15 is 0 Å². The maximum Gasteiger partial charge on any atom is 0.242 e. The van der Waals surface area contributed by atoms with E-state index in [4.69, 9.17) is 16.6 Å². The predicted molar refractivity (Wildman–Crippen MR) is 130 cm³/mol. The third kappa shape index (κ3) is 4.64. The van der Waals surface area contributed by atoms with Crippen LogP contribution < -0.4 is 4.90 Å². The van der Waals surface area contributed by atoms with Crippen molar-refractivity contribution in [2.75, 3.05) is 45.2 Å². The average Bonchev–Trinajstić information content (AvgIpc) is 3.10. The second-order valence-corrected chi connectivity index (χ2v) is 10.9. The number of aryl methyl sites for hydroxylation is 1. The Bertz CT molecular complexity index is 1200. The molecule has 0 aliphatic carbocycles. The summed E-state index contributed by atoms with van der Waals surface area (Å²) in [6.45, 7) is 7.47. The van der Waals surface area contributed by atoms with E-state index in [1.165, 1.54) is 4.31 Å². The smallest absolute Gasteiger partial charge is 0.242 e. The minimum absolute atomic E-state index is 0.276. The van der Waals surface area contributed by atoms with Crippen molar-refractivity contribution >= 4 is 38.3 Å². The molecular formula is C23H30ClN5O2S. The van der Waals surface area contributed by atoms with Gasteiger partial charge in [-0.25, -0.2) is 17.7 Å². The van der Waals surface area contributed by atoms with Crippen LogP contribution in [0.15, 0.2) is 47.4 Å². The number of sulfonamides is 1. The second kappa shape index (κ2) is 9.39. The van der Waals surface area contributed by atoms with Gasteiger partial charge >= 0.3 is 0 Å². The van der Waals surface area contributed by atoms with E-state index in [-0.39, 0.29) is 4.90 Å². The van der Waals surface area contributed by atoms with Gasteiger partial charge in [-0.15, -0.1) is 0 Å². The molecule has 0 saturated carbocycles. The summed E-state index contributed by atoms with van der Waals surface area (Å²) in [6, 6.07) is 13.3. The number of rotatable bonds is 7. The van der Waals surface area contributed by atoms with Gasteiger partial charge in [0, 0.05) is 57.5 Å². The van der Waals surface area contributed by atoms with Crippen LogP contribution in [0, 0.1) is 0 Å². The molecule has 0 N–H and O–H groups in total. The molecule has 32 heavy (non-hydrogen) atoms. The number of anilines is 1. The molecule has 4 rings (SSSR count). The van der Waals surface area contributed by atoms with Crippen molar-refractivity contribution in [3.8, 4) is 0 Å². The summed E-state index contributed by atoms with van der Waals surface area (Å²) in [5.74, 6) is 0.984. The van der Waals surface area contributed by atoms with Crippen molar-refractivity contribution in [2.45, 2.75) is 31.3 Å². The molecule has 0 unspecified atom stereocenters. The van der Waals surface area contributed by atoms with Gasteiger partial charge < -0.3 is 9.47 Å². The number of imidazole rings is 1. The van der Waals surface area contributed by atoms with Crippen LogP contribution in [-0.2, 0) is 23.1 Å². The minimum Gasteiger partial charge on any atom is -0.369 e. The van der Waals surface area contributed by atoms with Crippen LogP contribution >= 0.6 is 11.6 Å². The normalized spacial score (nSPS) is 15.7. The van der Waals surface area contributed by atoms with Crippen molar-refractivity contribution < 1.29 is 8.42 Å². The maximum atomic E-state index is 12.5. The summed E-state index contributed by atoms with van der Waals surface area (Å²) in [5.41, 5.74) is 2.87. The Kier molecular flexibility index (Phi) is 6.76. The van der Waals surface area contributed by atoms with Gasteiger partial charge in [-0.3, -0.25) is 4.90 Å². The molecule has 1 aliphatic heterocycles. The Morgan fingerprint density at radius 1 is 1.06 bits per heavy atom. The number of fused-ring (bicyclic) bond motifs is 1. The van der Waals surface area contributed by atoms with Crippen LogP contribution in [-0.4, -0.2) is 67.4 Å². The zero-order chi connectivity index (χ0) is 22.9. The lowest BCUT2D eigenvalue weighted by atomic mass is 10.2. The van der Waals surface area contributed by atoms with Crippen LogP contribution in [0.1, 0.15) is 19.2 Å². The molecule has 0 radical (unpaired) electrons. The first kappa shape index (κ1) is 23.0. The van der Waals surface area contributed by atoms with E-state index in [9.17, 15) is 8.42 Å². The molecule has 1 aromatic heterocycles. The fourth-order valence-corrected chi connectivity index (χ4v) is 5.27. The lowest BCUT2D eigenvalue weighted by Gasteiger charge is -2.36. The van der Waals surface area contributed by atoms with E-state index in [1.54, 1.807) is 26.2 Å². The molecule has 2 heterocycles. The van der Waals surface area contributed by atoms with Crippen LogP contribution in [0.4, 0.5) is 5.69 Å². The molecule has 0 amide bonds. The van der Waals surface area contributed by atoms with Gasteiger partial charge in [-0.2, -0.15) is 0 Å². The fraction of sp³-hybridized carbons (Fsp3) is 0.435. The van der Waals surface area contributed by atoms with Crippen molar-refractivity contribution in [1.82, 2.24) is 18.8 Å². The zero-order valence-electron chi connectivity index (χ0n) is 18.8. The number of aromatic nitrogens is 2. The number of halogens is 1. The highest BCUT2D eigenvalue weighted by Gasteiger charge is 2.22. The Labute approximate surface area is 195 Å². The van der Waals surface area contributed by atoms with Crippen LogP contribution in [0.2, 0.25) is 5.02 Å². The molecule has 0 bridgehead atoms. The van der Waals surface area contributed by atoms with Crippen LogP contribution in [0.25, 0.3) is 11.0 Å². The van der Waals surface area contributed by atoms with Gasteiger partial charge in [-0.05, 0) is 42.8 Å². The van der Waals surface area contributed by atoms with Crippen molar-refractivity contribution in [2.24, 2.45) is 0 Å². The minimum atomic E-state index is -3.49. The van der Waals surface area contributed by atoms with Crippen molar-refractivity contribution in [3.63, 3.8) is 0 Å². The molecule has 9 heteroatoms. The van der Waals surface area contributed by atoms with E-state index in [0.29, 0.717) is 0 Å². The largest absolute Gasteiger partial charge is 0.369 e. The highest BCUT2D eigenvalue weighted by Crippen LogP contribution is 2.25. The predicted octanol–water partition coefficient (Wildman–Crippen LogP) is 3.67. The molecular weight excluding hydrogens is 446 g/mol. The molecule has 3 aromatic rings. The first-order valence-corrected chi connectivity index (χ1v) is 12.8. The molecule has 0 atom stereocenters. The van der Waals surface area contributed by atoms with Crippen LogP contribution in [0.5, 0.6) is 0 Å². The molecule has 2 aromatic carbocycles.